The van der Waals surface area contributed by atoms with Crippen molar-refractivity contribution in [2.45, 2.75) is 13.1 Å². The minimum atomic E-state index is 0.447. The van der Waals surface area contributed by atoms with Gasteiger partial charge in [-0.1, -0.05) is 29.3 Å². The molecule has 1 aromatic heterocycles. The molecule has 2 rings (SSSR count). The van der Waals surface area contributed by atoms with Crippen molar-refractivity contribution in [2.75, 3.05) is 12.8 Å². The number of nitrogen functional groups attached to an aromatic ring is 1. The SMILES string of the molecule is CN(Cc1cc(Cl)c(N)c(Cl)c1)Cc1cccs1. The molecule has 0 aliphatic heterocycles. The molecule has 96 valence electrons. The minimum absolute atomic E-state index is 0.447. The van der Waals surface area contributed by atoms with Crippen LogP contribution in [0.15, 0.2) is 29.6 Å². The molecule has 0 bridgehead atoms. The van der Waals surface area contributed by atoms with Crippen molar-refractivity contribution in [3.8, 4) is 0 Å². The fourth-order valence-corrected chi connectivity index (χ4v) is 3.08. The zero-order valence-corrected chi connectivity index (χ0v) is 12.3. The molecule has 0 amide bonds. The van der Waals surface area contributed by atoms with Gasteiger partial charge in [-0.2, -0.15) is 0 Å². The van der Waals surface area contributed by atoms with Crippen LogP contribution >= 0.6 is 34.5 Å². The molecular weight excluding hydrogens is 287 g/mol. The Kier molecular flexibility index (Phi) is 4.51. The molecule has 0 radical (unpaired) electrons. The minimum Gasteiger partial charge on any atom is -0.396 e. The molecule has 0 saturated carbocycles. The van der Waals surface area contributed by atoms with E-state index in [9.17, 15) is 0 Å². The molecule has 2 nitrogen and oxygen atoms in total. The van der Waals surface area contributed by atoms with Gasteiger partial charge in [0.25, 0.3) is 0 Å². The first kappa shape index (κ1) is 13.7. The third kappa shape index (κ3) is 3.39. The van der Waals surface area contributed by atoms with E-state index in [1.54, 1.807) is 11.3 Å². The summed E-state index contributed by atoms with van der Waals surface area (Å²) in [6.07, 6.45) is 0. The Morgan fingerprint density at radius 2 is 1.89 bits per heavy atom. The normalized spacial score (nSPS) is 11.1. The predicted octanol–water partition coefficient (Wildman–Crippen LogP) is 4.27. The molecule has 0 atom stereocenters. The van der Waals surface area contributed by atoms with Gasteiger partial charge < -0.3 is 5.73 Å². The lowest BCUT2D eigenvalue weighted by atomic mass is 10.2. The van der Waals surface area contributed by atoms with E-state index in [1.165, 1.54) is 4.88 Å². The van der Waals surface area contributed by atoms with Crippen LogP contribution in [0, 0.1) is 0 Å². The Labute approximate surface area is 121 Å². The van der Waals surface area contributed by atoms with Gasteiger partial charge in [-0.15, -0.1) is 11.3 Å². The summed E-state index contributed by atoms with van der Waals surface area (Å²) >= 11 is 13.8. The molecule has 18 heavy (non-hydrogen) atoms. The number of hydrogen-bond donors (Lipinski definition) is 1. The van der Waals surface area contributed by atoms with Gasteiger partial charge >= 0.3 is 0 Å². The van der Waals surface area contributed by atoms with E-state index in [0.29, 0.717) is 15.7 Å². The lowest BCUT2D eigenvalue weighted by Gasteiger charge is -2.16. The van der Waals surface area contributed by atoms with Gasteiger partial charge in [0.1, 0.15) is 0 Å². The van der Waals surface area contributed by atoms with Crippen molar-refractivity contribution in [2.24, 2.45) is 0 Å². The number of hydrogen-bond acceptors (Lipinski definition) is 3. The Hall–Kier alpha value is -0.740. The largest absolute Gasteiger partial charge is 0.396 e. The number of anilines is 1. The molecule has 0 fully saturated rings. The molecule has 2 N–H and O–H groups in total. The summed E-state index contributed by atoms with van der Waals surface area (Å²) in [5, 5.41) is 3.11. The Bertz CT molecular complexity index is 503. The van der Waals surface area contributed by atoms with Crippen molar-refractivity contribution in [1.29, 1.82) is 0 Å². The molecule has 0 aliphatic carbocycles. The fraction of sp³-hybridized carbons (Fsp3) is 0.231. The maximum Gasteiger partial charge on any atom is 0.0693 e. The van der Waals surface area contributed by atoms with E-state index >= 15 is 0 Å². The van der Waals surface area contributed by atoms with Crippen LogP contribution in [0.4, 0.5) is 5.69 Å². The first-order chi connectivity index (χ1) is 8.56. The second-order valence-electron chi connectivity index (χ2n) is 4.22. The van der Waals surface area contributed by atoms with Crippen molar-refractivity contribution in [3.05, 3.63) is 50.1 Å². The fourth-order valence-electron chi connectivity index (χ4n) is 1.76. The number of benzene rings is 1. The summed E-state index contributed by atoms with van der Waals surface area (Å²) < 4.78 is 0. The van der Waals surface area contributed by atoms with Gasteiger partial charge in [0.2, 0.25) is 0 Å². The topological polar surface area (TPSA) is 29.3 Å². The van der Waals surface area contributed by atoms with Gasteiger partial charge in [0, 0.05) is 18.0 Å². The Balaban J connectivity index is 2.05. The molecule has 0 unspecified atom stereocenters. The van der Waals surface area contributed by atoms with E-state index in [2.05, 4.69) is 29.5 Å². The highest BCUT2D eigenvalue weighted by Gasteiger charge is 2.07. The van der Waals surface area contributed by atoms with Gasteiger partial charge in [-0.25, -0.2) is 0 Å². The first-order valence-electron chi connectivity index (χ1n) is 5.50. The van der Waals surface area contributed by atoms with Crippen molar-refractivity contribution in [3.63, 3.8) is 0 Å². The highest BCUT2D eigenvalue weighted by molar-refractivity contribution is 7.09. The van der Waals surface area contributed by atoms with Crippen LogP contribution in [0.5, 0.6) is 0 Å². The molecule has 5 heteroatoms. The number of rotatable bonds is 4. The van der Waals surface area contributed by atoms with E-state index in [-0.39, 0.29) is 0 Å². The summed E-state index contributed by atoms with van der Waals surface area (Å²) in [5.74, 6) is 0. The predicted molar refractivity (Wildman–Crippen MR) is 80.4 cm³/mol. The highest BCUT2D eigenvalue weighted by Crippen LogP contribution is 2.29. The average molecular weight is 301 g/mol. The maximum atomic E-state index is 6.02. The zero-order chi connectivity index (χ0) is 13.1. The van der Waals surface area contributed by atoms with E-state index in [1.807, 2.05) is 12.1 Å². The number of nitrogens with zero attached hydrogens (tertiary/aromatic N) is 1. The summed E-state index contributed by atoms with van der Waals surface area (Å²) in [6, 6.07) is 7.93. The Morgan fingerprint density at radius 1 is 1.22 bits per heavy atom. The standard InChI is InChI=1S/C13H14Cl2N2S/c1-17(8-10-3-2-4-18-10)7-9-5-11(14)13(16)12(15)6-9/h2-6H,7-8,16H2,1H3. The second kappa shape index (κ2) is 5.93. The monoisotopic (exact) mass is 300 g/mol. The summed E-state index contributed by atoms with van der Waals surface area (Å²) in [4.78, 5) is 3.55. The van der Waals surface area contributed by atoms with Crippen LogP contribution in [-0.2, 0) is 13.1 Å². The van der Waals surface area contributed by atoms with Crippen LogP contribution in [0.3, 0.4) is 0 Å². The van der Waals surface area contributed by atoms with Crippen molar-refractivity contribution >= 4 is 40.2 Å². The second-order valence-corrected chi connectivity index (χ2v) is 6.07. The van der Waals surface area contributed by atoms with Gasteiger partial charge in [0.05, 0.1) is 15.7 Å². The summed E-state index contributed by atoms with van der Waals surface area (Å²) in [6.45, 7) is 1.70. The van der Waals surface area contributed by atoms with Crippen LogP contribution in [-0.4, -0.2) is 11.9 Å². The first-order valence-corrected chi connectivity index (χ1v) is 7.14. The van der Waals surface area contributed by atoms with E-state index in [0.717, 1.165) is 18.7 Å². The number of halogens is 2. The smallest absolute Gasteiger partial charge is 0.0693 e. The van der Waals surface area contributed by atoms with Crippen LogP contribution < -0.4 is 5.73 Å². The molecule has 2 aromatic rings. The lowest BCUT2D eigenvalue weighted by Crippen LogP contribution is -2.16. The van der Waals surface area contributed by atoms with Crippen molar-refractivity contribution < 1.29 is 0 Å². The zero-order valence-electron chi connectivity index (χ0n) is 9.99. The average Bonchev–Trinajstić information content (AvgIpc) is 2.78. The van der Waals surface area contributed by atoms with Crippen LogP contribution in [0.1, 0.15) is 10.4 Å². The van der Waals surface area contributed by atoms with Gasteiger partial charge in [0.15, 0.2) is 0 Å². The van der Waals surface area contributed by atoms with Crippen LogP contribution in [0.25, 0.3) is 0 Å². The number of thiophene rings is 1. The lowest BCUT2D eigenvalue weighted by molar-refractivity contribution is 0.322. The molecular formula is C13H14Cl2N2S. The van der Waals surface area contributed by atoms with E-state index in [4.69, 9.17) is 28.9 Å². The summed E-state index contributed by atoms with van der Waals surface area (Å²) in [5.41, 5.74) is 7.23. The van der Waals surface area contributed by atoms with E-state index < -0.39 is 0 Å². The molecule has 1 heterocycles. The third-order valence-corrected chi connectivity index (χ3v) is 4.08. The number of nitrogens with two attached hydrogens (primary N) is 1. The Morgan fingerprint density at radius 3 is 2.44 bits per heavy atom. The van der Waals surface area contributed by atoms with Crippen LogP contribution in [0.2, 0.25) is 10.0 Å². The third-order valence-electron chi connectivity index (χ3n) is 2.60. The van der Waals surface area contributed by atoms with Crippen molar-refractivity contribution in [1.82, 2.24) is 4.90 Å². The molecule has 0 spiro atoms. The summed E-state index contributed by atoms with van der Waals surface area (Å²) in [7, 11) is 2.07. The maximum absolute atomic E-state index is 6.02. The van der Waals surface area contributed by atoms with Gasteiger partial charge in [-0.05, 0) is 36.2 Å². The quantitative estimate of drug-likeness (QED) is 0.855. The van der Waals surface area contributed by atoms with Gasteiger partial charge in [-0.3, -0.25) is 4.90 Å². The highest BCUT2D eigenvalue weighted by atomic mass is 35.5. The molecule has 0 aliphatic rings. The molecule has 0 saturated heterocycles. The molecule has 1 aromatic carbocycles.